The molecule has 0 aliphatic rings. The molecule has 0 radical (unpaired) electrons. The summed E-state index contributed by atoms with van der Waals surface area (Å²) in [5.74, 6) is 1.02. The van der Waals surface area contributed by atoms with Gasteiger partial charge in [0.2, 0.25) is 0 Å². The number of anilines is 2. The summed E-state index contributed by atoms with van der Waals surface area (Å²) < 4.78 is 0. The second-order valence-electron chi connectivity index (χ2n) is 4.20. The maximum absolute atomic E-state index is 5.79. The fraction of sp³-hybridized carbons (Fsp3) is 0.267. The summed E-state index contributed by atoms with van der Waals surface area (Å²) in [6, 6.07) is 12.0. The summed E-state index contributed by atoms with van der Waals surface area (Å²) in [6.07, 6.45) is 1.91. The molecule has 2 rings (SSSR count). The van der Waals surface area contributed by atoms with E-state index < -0.39 is 0 Å². The third-order valence-corrected chi connectivity index (χ3v) is 3.06. The van der Waals surface area contributed by atoms with Gasteiger partial charge in [0, 0.05) is 30.5 Å². The van der Waals surface area contributed by atoms with Crippen molar-refractivity contribution in [2.75, 3.05) is 23.7 Å². The molecular formula is C15H19N3. The van der Waals surface area contributed by atoms with Gasteiger partial charge in [0.15, 0.2) is 0 Å². The van der Waals surface area contributed by atoms with Gasteiger partial charge in [0.1, 0.15) is 5.82 Å². The first-order valence-electron chi connectivity index (χ1n) is 6.31. The Bertz CT molecular complexity index is 501. The predicted molar refractivity (Wildman–Crippen MR) is 77.6 cm³/mol. The molecule has 2 N–H and O–H groups in total. The van der Waals surface area contributed by atoms with Gasteiger partial charge in [-0.25, -0.2) is 4.98 Å². The number of pyridine rings is 1. The fourth-order valence-corrected chi connectivity index (χ4v) is 2.01. The van der Waals surface area contributed by atoms with Crippen molar-refractivity contribution in [1.82, 2.24) is 4.98 Å². The van der Waals surface area contributed by atoms with Crippen LogP contribution >= 0.6 is 0 Å². The molecule has 3 heteroatoms. The Balaban J connectivity index is 2.27. The summed E-state index contributed by atoms with van der Waals surface area (Å²) >= 11 is 0. The van der Waals surface area contributed by atoms with Gasteiger partial charge in [-0.1, -0.05) is 12.1 Å². The molecule has 2 aromatic rings. The van der Waals surface area contributed by atoms with Crippen molar-refractivity contribution in [2.45, 2.75) is 13.8 Å². The van der Waals surface area contributed by atoms with Gasteiger partial charge < -0.3 is 10.6 Å². The van der Waals surface area contributed by atoms with Gasteiger partial charge in [0.25, 0.3) is 0 Å². The van der Waals surface area contributed by atoms with Crippen molar-refractivity contribution in [1.29, 1.82) is 0 Å². The first kappa shape index (κ1) is 12.4. The lowest BCUT2D eigenvalue weighted by atomic mass is 10.1. The van der Waals surface area contributed by atoms with Crippen molar-refractivity contribution in [3.05, 3.63) is 42.6 Å². The van der Waals surface area contributed by atoms with Crippen LogP contribution in [0.15, 0.2) is 42.6 Å². The smallest absolute Gasteiger partial charge is 0.128 e. The Kier molecular flexibility index (Phi) is 3.82. The first-order valence-corrected chi connectivity index (χ1v) is 6.31. The van der Waals surface area contributed by atoms with Gasteiger partial charge in [-0.2, -0.15) is 0 Å². The van der Waals surface area contributed by atoms with Crippen LogP contribution < -0.4 is 10.6 Å². The van der Waals surface area contributed by atoms with Gasteiger partial charge in [-0.15, -0.1) is 0 Å². The van der Waals surface area contributed by atoms with Crippen molar-refractivity contribution < 1.29 is 0 Å². The van der Waals surface area contributed by atoms with Crippen LogP contribution in [-0.2, 0) is 0 Å². The quantitative estimate of drug-likeness (QED) is 0.836. The largest absolute Gasteiger partial charge is 0.399 e. The van der Waals surface area contributed by atoms with Gasteiger partial charge in [-0.3, -0.25) is 0 Å². The highest BCUT2D eigenvalue weighted by atomic mass is 15.2. The lowest BCUT2D eigenvalue weighted by molar-refractivity contribution is 0.846. The van der Waals surface area contributed by atoms with E-state index in [1.807, 2.05) is 30.5 Å². The molecule has 0 amide bonds. The highest BCUT2D eigenvalue weighted by Gasteiger charge is 2.04. The molecule has 1 heterocycles. The minimum Gasteiger partial charge on any atom is -0.399 e. The minimum absolute atomic E-state index is 0.778. The third-order valence-electron chi connectivity index (χ3n) is 3.06. The molecular weight excluding hydrogens is 222 g/mol. The number of hydrogen-bond donors (Lipinski definition) is 1. The van der Waals surface area contributed by atoms with Crippen LogP contribution in [0.2, 0.25) is 0 Å². The molecule has 0 saturated heterocycles. The minimum atomic E-state index is 0.778. The number of aromatic nitrogens is 1. The number of benzene rings is 1. The van der Waals surface area contributed by atoms with E-state index in [-0.39, 0.29) is 0 Å². The molecule has 0 aliphatic carbocycles. The molecule has 94 valence electrons. The van der Waals surface area contributed by atoms with Crippen LogP contribution in [0.4, 0.5) is 11.5 Å². The number of hydrogen-bond acceptors (Lipinski definition) is 3. The van der Waals surface area contributed by atoms with E-state index in [0.29, 0.717) is 0 Å². The van der Waals surface area contributed by atoms with E-state index >= 15 is 0 Å². The molecule has 1 aromatic carbocycles. The highest BCUT2D eigenvalue weighted by molar-refractivity contribution is 5.67. The van der Waals surface area contributed by atoms with Crippen LogP contribution in [0.3, 0.4) is 0 Å². The molecule has 3 nitrogen and oxygen atoms in total. The van der Waals surface area contributed by atoms with E-state index in [4.69, 9.17) is 5.73 Å². The molecule has 18 heavy (non-hydrogen) atoms. The zero-order chi connectivity index (χ0) is 13.0. The highest BCUT2D eigenvalue weighted by Crippen LogP contribution is 2.22. The van der Waals surface area contributed by atoms with Crippen molar-refractivity contribution >= 4 is 11.5 Å². The van der Waals surface area contributed by atoms with Crippen LogP contribution in [0.1, 0.15) is 13.8 Å². The Hall–Kier alpha value is -2.03. The van der Waals surface area contributed by atoms with Crippen molar-refractivity contribution in [2.24, 2.45) is 0 Å². The monoisotopic (exact) mass is 241 g/mol. The van der Waals surface area contributed by atoms with Crippen molar-refractivity contribution in [3.8, 4) is 11.1 Å². The number of nitrogens with two attached hydrogens (primary N) is 1. The lowest BCUT2D eigenvalue weighted by Crippen LogP contribution is -2.22. The van der Waals surface area contributed by atoms with Crippen LogP contribution in [0, 0.1) is 0 Å². The van der Waals surface area contributed by atoms with E-state index in [2.05, 4.69) is 35.9 Å². The van der Waals surface area contributed by atoms with E-state index in [1.54, 1.807) is 0 Å². The number of nitrogen functional groups attached to an aromatic ring is 1. The Labute approximate surface area is 108 Å². The van der Waals surface area contributed by atoms with E-state index in [0.717, 1.165) is 35.7 Å². The molecule has 0 fully saturated rings. The molecule has 0 saturated carbocycles. The maximum Gasteiger partial charge on any atom is 0.128 e. The average Bonchev–Trinajstić information content (AvgIpc) is 2.41. The molecule has 1 aromatic heterocycles. The van der Waals surface area contributed by atoms with Gasteiger partial charge in [-0.05, 0) is 43.7 Å². The Morgan fingerprint density at radius 2 is 1.83 bits per heavy atom. The molecule has 0 atom stereocenters. The molecule has 0 spiro atoms. The summed E-state index contributed by atoms with van der Waals surface area (Å²) in [4.78, 5) is 6.74. The Morgan fingerprint density at radius 1 is 1.06 bits per heavy atom. The Morgan fingerprint density at radius 3 is 2.39 bits per heavy atom. The second kappa shape index (κ2) is 5.54. The number of rotatable bonds is 4. The fourth-order valence-electron chi connectivity index (χ4n) is 2.01. The molecule has 0 aliphatic heterocycles. The van der Waals surface area contributed by atoms with Gasteiger partial charge in [0.05, 0.1) is 0 Å². The van der Waals surface area contributed by atoms with Gasteiger partial charge >= 0.3 is 0 Å². The predicted octanol–water partition coefficient (Wildman–Crippen LogP) is 3.18. The first-order chi connectivity index (χ1) is 8.74. The summed E-state index contributed by atoms with van der Waals surface area (Å²) in [7, 11) is 0. The van der Waals surface area contributed by atoms with E-state index in [9.17, 15) is 0 Å². The standard InChI is InChI=1S/C15H19N3/c1-3-18(4-2)15-9-8-13(11-17-15)12-6-5-7-14(16)10-12/h5-11H,3-4,16H2,1-2H3. The van der Waals surface area contributed by atoms with Crippen LogP contribution in [-0.4, -0.2) is 18.1 Å². The lowest BCUT2D eigenvalue weighted by Gasteiger charge is -2.19. The van der Waals surface area contributed by atoms with Crippen LogP contribution in [0.5, 0.6) is 0 Å². The molecule has 0 unspecified atom stereocenters. The number of nitrogens with zero attached hydrogens (tertiary/aromatic N) is 2. The zero-order valence-corrected chi connectivity index (χ0v) is 10.9. The summed E-state index contributed by atoms with van der Waals surface area (Å²) in [6.45, 7) is 6.22. The topological polar surface area (TPSA) is 42.1 Å². The normalized spacial score (nSPS) is 10.3. The SMILES string of the molecule is CCN(CC)c1ccc(-c2cccc(N)c2)cn1. The second-order valence-corrected chi connectivity index (χ2v) is 4.20. The molecule has 0 bridgehead atoms. The summed E-state index contributed by atoms with van der Waals surface area (Å²) in [5, 5.41) is 0. The maximum atomic E-state index is 5.79. The summed E-state index contributed by atoms with van der Waals surface area (Å²) in [5.41, 5.74) is 8.77. The van der Waals surface area contributed by atoms with Crippen LogP contribution in [0.25, 0.3) is 11.1 Å². The average molecular weight is 241 g/mol. The zero-order valence-electron chi connectivity index (χ0n) is 10.9. The van der Waals surface area contributed by atoms with E-state index in [1.165, 1.54) is 0 Å². The van der Waals surface area contributed by atoms with Crippen molar-refractivity contribution in [3.63, 3.8) is 0 Å². The third kappa shape index (κ3) is 2.62.